The lowest BCUT2D eigenvalue weighted by Crippen LogP contribution is -2.27. The maximum Gasteiger partial charge on any atom is 0.188 e. The van der Waals surface area contributed by atoms with Gasteiger partial charge in [-0.2, -0.15) is 0 Å². The van der Waals surface area contributed by atoms with Crippen molar-refractivity contribution in [2.24, 2.45) is 5.92 Å². The van der Waals surface area contributed by atoms with Gasteiger partial charge in [-0.3, -0.25) is 4.79 Å². The number of hydrogen-bond acceptors (Lipinski definition) is 2. The Morgan fingerprint density at radius 3 is 2.55 bits per heavy atom. The lowest BCUT2D eigenvalue weighted by molar-refractivity contribution is 0.000749. The molecule has 0 heterocycles. The molecule has 0 aromatic heterocycles. The van der Waals surface area contributed by atoms with E-state index >= 15 is 0 Å². The van der Waals surface area contributed by atoms with Crippen molar-refractivity contribution in [3.8, 4) is 0 Å². The topological polar surface area (TPSA) is 26.3 Å². The summed E-state index contributed by atoms with van der Waals surface area (Å²) in [5.41, 5.74) is 2.07. The van der Waals surface area contributed by atoms with Gasteiger partial charge in [0.15, 0.2) is 5.78 Å². The van der Waals surface area contributed by atoms with E-state index in [2.05, 4.69) is 26.0 Å². The molecule has 1 aliphatic rings. The van der Waals surface area contributed by atoms with Crippen LogP contribution in [0.25, 0.3) is 0 Å². The Labute approximate surface area is 122 Å². The van der Waals surface area contributed by atoms with E-state index in [1.807, 2.05) is 12.1 Å². The average molecular weight is 274 g/mol. The first-order valence-corrected chi connectivity index (χ1v) is 7.94. The molecule has 2 heteroatoms. The summed E-state index contributed by atoms with van der Waals surface area (Å²) in [5.74, 6) is 0.689. The minimum Gasteiger partial charge on any atom is -0.370 e. The van der Waals surface area contributed by atoms with Gasteiger partial charge in [-0.25, -0.2) is 0 Å². The first-order valence-electron chi connectivity index (χ1n) is 7.94. The van der Waals surface area contributed by atoms with E-state index in [0.29, 0.717) is 5.92 Å². The Hall–Kier alpha value is -1.15. The van der Waals surface area contributed by atoms with Crippen LogP contribution >= 0.6 is 0 Å². The summed E-state index contributed by atoms with van der Waals surface area (Å²) in [7, 11) is 0. The molecule has 0 spiro atoms. The Morgan fingerprint density at radius 2 is 1.90 bits per heavy atom. The molecule has 0 bridgehead atoms. The van der Waals surface area contributed by atoms with Gasteiger partial charge in [0.25, 0.3) is 0 Å². The summed E-state index contributed by atoms with van der Waals surface area (Å²) in [6.45, 7) is 4.62. The summed E-state index contributed by atoms with van der Waals surface area (Å²) >= 11 is 0. The molecule has 0 amide bonds. The largest absolute Gasteiger partial charge is 0.370 e. The number of Topliss-reactive ketones (excluding diaryl/α,β-unsaturated/α-hetero) is 1. The molecule has 1 saturated carbocycles. The minimum absolute atomic E-state index is 0.103. The third-order valence-electron chi connectivity index (χ3n) is 4.28. The first kappa shape index (κ1) is 15.2. The van der Waals surface area contributed by atoms with Crippen molar-refractivity contribution in [3.63, 3.8) is 0 Å². The number of aryl methyl sites for hydroxylation is 1. The summed E-state index contributed by atoms with van der Waals surface area (Å²) < 4.78 is 5.84. The van der Waals surface area contributed by atoms with Crippen LogP contribution in [0.4, 0.5) is 0 Å². The van der Waals surface area contributed by atoms with E-state index in [1.165, 1.54) is 24.8 Å². The fourth-order valence-electron chi connectivity index (χ4n) is 2.94. The van der Waals surface area contributed by atoms with E-state index in [1.54, 1.807) is 0 Å². The molecule has 2 nitrogen and oxygen atoms in total. The second-order valence-corrected chi connectivity index (χ2v) is 5.98. The Kier molecular flexibility index (Phi) is 5.78. The molecule has 2 rings (SSSR count). The fourth-order valence-corrected chi connectivity index (χ4v) is 2.94. The maximum atomic E-state index is 12.1. The smallest absolute Gasteiger partial charge is 0.188 e. The van der Waals surface area contributed by atoms with Crippen molar-refractivity contribution in [2.45, 2.75) is 58.5 Å². The number of ether oxygens (including phenoxy) is 1. The van der Waals surface area contributed by atoms with E-state index in [-0.39, 0.29) is 18.5 Å². The summed E-state index contributed by atoms with van der Waals surface area (Å²) in [4.78, 5) is 12.1. The molecular weight excluding hydrogens is 248 g/mol. The van der Waals surface area contributed by atoms with Gasteiger partial charge in [0.05, 0.1) is 6.10 Å². The van der Waals surface area contributed by atoms with Gasteiger partial charge in [-0.1, -0.05) is 57.4 Å². The fraction of sp³-hybridized carbons (Fsp3) is 0.611. The van der Waals surface area contributed by atoms with Crippen LogP contribution in [0.1, 0.15) is 61.9 Å². The van der Waals surface area contributed by atoms with Crippen LogP contribution in [0, 0.1) is 5.92 Å². The second-order valence-electron chi connectivity index (χ2n) is 5.98. The molecule has 1 aromatic rings. The highest BCUT2D eigenvalue weighted by molar-refractivity contribution is 5.97. The van der Waals surface area contributed by atoms with Gasteiger partial charge in [0.1, 0.15) is 6.61 Å². The van der Waals surface area contributed by atoms with E-state index in [9.17, 15) is 4.79 Å². The average Bonchev–Trinajstić information content (AvgIpc) is 2.47. The number of carbonyl (C=O) groups is 1. The third-order valence-corrected chi connectivity index (χ3v) is 4.28. The highest BCUT2D eigenvalue weighted by Crippen LogP contribution is 2.26. The maximum absolute atomic E-state index is 12.1. The summed E-state index contributed by atoms with van der Waals surface area (Å²) in [5, 5.41) is 0. The molecule has 2 atom stereocenters. The number of carbonyl (C=O) groups excluding carboxylic acids is 1. The molecule has 20 heavy (non-hydrogen) atoms. The lowest BCUT2D eigenvalue weighted by atomic mass is 9.88. The van der Waals surface area contributed by atoms with Gasteiger partial charge in [0.2, 0.25) is 0 Å². The van der Waals surface area contributed by atoms with Crippen LogP contribution in [-0.2, 0) is 11.2 Å². The van der Waals surface area contributed by atoms with Crippen molar-refractivity contribution in [1.82, 2.24) is 0 Å². The van der Waals surface area contributed by atoms with Crippen molar-refractivity contribution in [1.29, 1.82) is 0 Å². The van der Waals surface area contributed by atoms with Crippen LogP contribution in [0.5, 0.6) is 0 Å². The van der Waals surface area contributed by atoms with Crippen LogP contribution in [-0.4, -0.2) is 18.5 Å². The lowest BCUT2D eigenvalue weighted by Gasteiger charge is -2.28. The number of hydrogen-bond donors (Lipinski definition) is 0. The molecule has 0 saturated heterocycles. The zero-order valence-electron chi connectivity index (χ0n) is 12.7. The van der Waals surface area contributed by atoms with Gasteiger partial charge >= 0.3 is 0 Å². The molecule has 110 valence electrons. The zero-order valence-corrected chi connectivity index (χ0v) is 12.7. The molecule has 2 unspecified atom stereocenters. The highest BCUT2D eigenvalue weighted by Gasteiger charge is 2.22. The molecule has 0 aliphatic heterocycles. The van der Waals surface area contributed by atoms with E-state index < -0.39 is 0 Å². The van der Waals surface area contributed by atoms with E-state index in [4.69, 9.17) is 4.74 Å². The zero-order chi connectivity index (χ0) is 14.4. The highest BCUT2D eigenvalue weighted by atomic mass is 16.5. The second kappa shape index (κ2) is 7.58. The first-order chi connectivity index (χ1) is 9.70. The Morgan fingerprint density at radius 1 is 1.20 bits per heavy atom. The molecule has 1 aromatic carbocycles. The van der Waals surface area contributed by atoms with Crippen LogP contribution in [0.3, 0.4) is 0 Å². The molecule has 0 N–H and O–H groups in total. The Bertz CT molecular complexity index is 422. The van der Waals surface area contributed by atoms with Crippen LogP contribution in [0.15, 0.2) is 24.3 Å². The number of benzene rings is 1. The number of ketones is 1. The third kappa shape index (κ3) is 4.17. The predicted octanol–water partition coefficient (Wildman–Crippen LogP) is 4.42. The van der Waals surface area contributed by atoms with Gasteiger partial charge in [-0.15, -0.1) is 0 Å². The van der Waals surface area contributed by atoms with Gasteiger partial charge in [0, 0.05) is 5.56 Å². The molecular formula is C18H26O2. The number of rotatable bonds is 6. The molecule has 0 radical (unpaired) electrons. The summed E-state index contributed by atoms with van der Waals surface area (Å²) in [6.07, 6.45) is 7.34. The quantitative estimate of drug-likeness (QED) is 0.718. The standard InChI is InChI=1S/C18H26O2/c1-3-6-15-9-11-16(12-10-15)17(19)13-20-18-8-5-4-7-14(18)2/h9-12,14,18H,3-8,13H2,1-2H3. The van der Waals surface area contributed by atoms with E-state index in [0.717, 1.165) is 24.8 Å². The van der Waals surface area contributed by atoms with Gasteiger partial charge < -0.3 is 4.74 Å². The predicted molar refractivity (Wildman–Crippen MR) is 82.1 cm³/mol. The minimum atomic E-state index is 0.103. The van der Waals surface area contributed by atoms with Crippen LogP contribution < -0.4 is 0 Å². The molecule has 1 aliphatic carbocycles. The van der Waals surface area contributed by atoms with Crippen molar-refractivity contribution < 1.29 is 9.53 Å². The van der Waals surface area contributed by atoms with Crippen LogP contribution in [0.2, 0.25) is 0 Å². The summed E-state index contributed by atoms with van der Waals surface area (Å²) in [6, 6.07) is 7.97. The SMILES string of the molecule is CCCc1ccc(C(=O)COC2CCCCC2C)cc1. The monoisotopic (exact) mass is 274 g/mol. The normalized spacial score (nSPS) is 22.7. The van der Waals surface area contributed by atoms with Crippen molar-refractivity contribution in [2.75, 3.05) is 6.61 Å². The molecule has 1 fully saturated rings. The van der Waals surface area contributed by atoms with Crippen molar-refractivity contribution >= 4 is 5.78 Å². The Balaban J connectivity index is 1.84. The van der Waals surface area contributed by atoms with Gasteiger partial charge in [-0.05, 0) is 30.7 Å². The van der Waals surface area contributed by atoms with Crippen molar-refractivity contribution in [3.05, 3.63) is 35.4 Å².